The molecule has 420 valence electrons. The molecule has 1 amide bonds. The number of ether oxygens (including phenoxy) is 1. The van der Waals surface area contributed by atoms with Crippen LogP contribution in [0.4, 0.5) is 0 Å². The number of hydrogen-bond acceptors (Lipinski definition) is 5. The molecule has 0 aromatic heterocycles. The number of rotatable bonds is 60. The van der Waals surface area contributed by atoms with E-state index in [9.17, 15) is 19.8 Å². The van der Waals surface area contributed by atoms with Gasteiger partial charge in [0.15, 0.2) is 0 Å². The number of nitrogens with one attached hydrogen (secondary N) is 1. The third-order valence-electron chi connectivity index (χ3n) is 15.0. The summed E-state index contributed by atoms with van der Waals surface area (Å²) in [5.41, 5.74) is 0. The lowest BCUT2D eigenvalue weighted by Gasteiger charge is -2.20. The van der Waals surface area contributed by atoms with Crippen molar-refractivity contribution in [1.29, 1.82) is 0 Å². The Balaban J connectivity index is 3.34. The second-order valence-corrected chi connectivity index (χ2v) is 22.1. The standard InChI is InChI=1S/C65H125NO5/c1-3-5-7-9-11-13-15-35-39-43-47-51-55-59-65(70)71-60-56-52-48-44-40-37-34-32-30-28-26-24-22-20-18-16-17-19-21-23-25-27-29-31-33-36-38-42-46-50-54-58-64(69)66-62(61-67)63(68)57-53-49-45-41-14-12-10-8-6-4-2/h18,20,53,57,62-63,67-68H,3-17,19,21-52,54-56,58-61H2,1-2H3,(H,66,69)/b20-18-,57-53+. The molecule has 6 heteroatoms. The first kappa shape index (κ1) is 69.3. The highest BCUT2D eigenvalue weighted by atomic mass is 16.5. The van der Waals surface area contributed by atoms with Gasteiger partial charge >= 0.3 is 5.97 Å². The molecule has 0 rings (SSSR count). The lowest BCUT2D eigenvalue weighted by Crippen LogP contribution is -2.45. The van der Waals surface area contributed by atoms with Crippen LogP contribution in [0, 0.1) is 0 Å². The molecule has 0 saturated carbocycles. The number of allylic oxidation sites excluding steroid dienone is 3. The number of aliphatic hydroxyl groups excluding tert-OH is 2. The van der Waals surface area contributed by atoms with Crippen molar-refractivity contribution in [3.8, 4) is 0 Å². The van der Waals surface area contributed by atoms with Crippen molar-refractivity contribution >= 4 is 11.9 Å². The van der Waals surface area contributed by atoms with Crippen LogP contribution in [0.2, 0.25) is 0 Å². The fraction of sp³-hybridized carbons (Fsp3) is 0.908. The summed E-state index contributed by atoms with van der Waals surface area (Å²) < 4.78 is 5.48. The second-order valence-electron chi connectivity index (χ2n) is 22.1. The lowest BCUT2D eigenvalue weighted by molar-refractivity contribution is -0.143. The van der Waals surface area contributed by atoms with Crippen molar-refractivity contribution in [2.75, 3.05) is 13.2 Å². The van der Waals surface area contributed by atoms with E-state index in [2.05, 4.69) is 31.3 Å². The smallest absolute Gasteiger partial charge is 0.305 e. The van der Waals surface area contributed by atoms with E-state index in [0.29, 0.717) is 19.4 Å². The summed E-state index contributed by atoms with van der Waals surface area (Å²) >= 11 is 0. The summed E-state index contributed by atoms with van der Waals surface area (Å²) in [6.45, 7) is 4.90. The molecule has 0 aromatic rings. The third-order valence-corrected chi connectivity index (χ3v) is 15.0. The molecule has 0 bridgehead atoms. The summed E-state index contributed by atoms with van der Waals surface area (Å²) in [5, 5.41) is 23.0. The average molecular weight is 1000 g/mol. The highest BCUT2D eigenvalue weighted by molar-refractivity contribution is 5.76. The maximum Gasteiger partial charge on any atom is 0.305 e. The van der Waals surface area contributed by atoms with Crippen LogP contribution in [0.15, 0.2) is 24.3 Å². The zero-order valence-electron chi connectivity index (χ0n) is 48.0. The minimum atomic E-state index is -0.840. The molecule has 2 atom stereocenters. The lowest BCUT2D eigenvalue weighted by atomic mass is 10.0. The highest BCUT2D eigenvalue weighted by Gasteiger charge is 2.18. The van der Waals surface area contributed by atoms with Gasteiger partial charge in [0.2, 0.25) is 5.91 Å². The van der Waals surface area contributed by atoms with Gasteiger partial charge in [-0.25, -0.2) is 0 Å². The highest BCUT2D eigenvalue weighted by Crippen LogP contribution is 2.18. The van der Waals surface area contributed by atoms with Gasteiger partial charge < -0.3 is 20.3 Å². The van der Waals surface area contributed by atoms with Crippen molar-refractivity contribution in [1.82, 2.24) is 5.32 Å². The normalized spacial score (nSPS) is 12.7. The molecule has 0 aliphatic heterocycles. The molecule has 0 aromatic carbocycles. The molecule has 2 unspecified atom stereocenters. The SMILES string of the molecule is CCCCCCCCCC/C=C/C(O)C(CO)NC(=O)CCCCCCCCCCCCCCCCC/C=C\CCCCCCCCCCCCCCOC(=O)CCCCCCCCCCCCCCC. The van der Waals surface area contributed by atoms with E-state index in [1.54, 1.807) is 6.08 Å². The van der Waals surface area contributed by atoms with E-state index in [-0.39, 0.29) is 18.5 Å². The molecular formula is C65H125NO5. The molecule has 71 heavy (non-hydrogen) atoms. The van der Waals surface area contributed by atoms with E-state index in [4.69, 9.17) is 4.74 Å². The second kappa shape index (κ2) is 60.9. The van der Waals surface area contributed by atoms with Gasteiger partial charge in [-0.2, -0.15) is 0 Å². The maximum absolute atomic E-state index is 12.4. The van der Waals surface area contributed by atoms with Crippen LogP contribution >= 0.6 is 0 Å². The largest absolute Gasteiger partial charge is 0.466 e. The van der Waals surface area contributed by atoms with Crippen LogP contribution in [0.5, 0.6) is 0 Å². The van der Waals surface area contributed by atoms with Gasteiger partial charge in [-0.1, -0.05) is 308 Å². The molecule has 6 nitrogen and oxygen atoms in total. The predicted octanol–water partition coefficient (Wildman–Crippen LogP) is 20.2. The monoisotopic (exact) mass is 1000 g/mol. The summed E-state index contributed by atoms with van der Waals surface area (Å²) in [4.78, 5) is 24.4. The Kier molecular flexibility index (Phi) is 59.5. The van der Waals surface area contributed by atoms with Crippen molar-refractivity contribution < 1.29 is 24.5 Å². The van der Waals surface area contributed by atoms with Crippen molar-refractivity contribution in [2.45, 2.75) is 366 Å². The first-order valence-electron chi connectivity index (χ1n) is 32.1. The Hall–Kier alpha value is -1.66. The van der Waals surface area contributed by atoms with E-state index in [0.717, 1.165) is 38.5 Å². The minimum absolute atomic E-state index is 0.0191. The number of aliphatic hydroxyl groups is 2. The third kappa shape index (κ3) is 57.5. The molecule has 0 aliphatic rings. The zero-order valence-corrected chi connectivity index (χ0v) is 48.0. The molecule has 0 radical (unpaired) electrons. The molecule has 0 fully saturated rings. The molecule has 0 heterocycles. The van der Waals surface area contributed by atoms with Gasteiger partial charge in [0.25, 0.3) is 0 Å². The van der Waals surface area contributed by atoms with Crippen LogP contribution in [0.1, 0.15) is 354 Å². The Morgan fingerprint density at radius 3 is 1.00 bits per heavy atom. The molecule has 0 spiro atoms. The number of carbonyl (C=O) groups excluding carboxylic acids is 2. The number of unbranched alkanes of at least 4 members (excludes halogenated alkanes) is 47. The van der Waals surface area contributed by atoms with E-state index < -0.39 is 12.1 Å². The Morgan fingerprint density at radius 1 is 0.380 bits per heavy atom. The number of amides is 1. The van der Waals surface area contributed by atoms with Gasteiger partial charge in [-0.15, -0.1) is 0 Å². The summed E-state index contributed by atoms with van der Waals surface area (Å²) in [6, 6.07) is -0.624. The summed E-state index contributed by atoms with van der Waals surface area (Å²) in [6.07, 6.45) is 75.3. The fourth-order valence-electron chi connectivity index (χ4n) is 10.0. The number of esters is 1. The van der Waals surface area contributed by atoms with Crippen LogP contribution in [0.3, 0.4) is 0 Å². The quantitative estimate of drug-likeness (QED) is 0.0320. The van der Waals surface area contributed by atoms with Gasteiger partial charge in [0.1, 0.15) is 0 Å². The van der Waals surface area contributed by atoms with Crippen LogP contribution in [-0.2, 0) is 14.3 Å². The molecular weight excluding hydrogens is 875 g/mol. The fourth-order valence-corrected chi connectivity index (χ4v) is 10.0. The van der Waals surface area contributed by atoms with Crippen LogP contribution < -0.4 is 5.32 Å². The van der Waals surface area contributed by atoms with Gasteiger partial charge in [-0.3, -0.25) is 9.59 Å². The first-order valence-corrected chi connectivity index (χ1v) is 32.1. The Labute approximate surface area is 443 Å². The van der Waals surface area contributed by atoms with Gasteiger partial charge in [0.05, 0.1) is 25.4 Å². The Bertz CT molecular complexity index is 1110. The van der Waals surface area contributed by atoms with E-state index >= 15 is 0 Å². The molecule has 3 N–H and O–H groups in total. The van der Waals surface area contributed by atoms with E-state index in [1.165, 1.54) is 289 Å². The van der Waals surface area contributed by atoms with Crippen molar-refractivity contribution in [2.24, 2.45) is 0 Å². The van der Waals surface area contributed by atoms with E-state index in [1.807, 2.05) is 6.08 Å². The van der Waals surface area contributed by atoms with Gasteiger partial charge in [0, 0.05) is 12.8 Å². The topological polar surface area (TPSA) is 95.9 Å². The Morgan fingerprint density at radius 2 is 0.662 bits per heavy atom. The first-order chi connectivity index (χ1) is 35.0. The molecule has 0 saturated heterocycles. The van der Waals surface area contributed by atoms with Crippen LogP contribution in [0.25, 0.3) is 0 Å². The van der Waals surface area contributed by atoms with Crippen molar-refractivity contribution in [3.05, 3.63) is 24.3 Å². The van der Waals surface area contributed by atoms with Crippen molar-refractivity contribution in [3.63, 3.8) is 0 Å². The predicted molar refractivity (Wildman–Crippen MR) is 310 cm³/mol. The number of carbonyl (C=O) groups is 2. The molecule has 0 aliphatic carbocycles. The minimum Gasteiger partial charge on any atom is -0.466 e. The summed E-state index contributed by atoms with van der Waals surface area (Å²) in [5.74, 6) is -0.0476. The zero-order chi connectivity index (χ0) is 51.4. The van der Waals surface area contributed by atoms with Crippen LogP contribution in [-0.4, -0.2) is 47.4 Å². The van der Waals surface area contributed by atoms with Gasteiger partial charge in [-0.05, 0) is 57.8 Å². The summed E-state index contributed by atoms with van der Waals surface area (Å²) in [7, 11) is 0. The number of hydrogen-bond donors (Lipinski definition) is 3. The average Bonchev–Trinajstić information content (AvgIpc) is 3.37. The maximum atomic E-state index is 12.4.